The van der Waals surface area contributed by atoms with Crippen LogP contribution in [0.15, 0.2) is 18.2 Å². The molecule has 0 aromatic heterocycles. The maximum Gasteiger partial charge on any atom is 0.416 e. The SMILES string of the molecule is CC(C)CNC(=O)C[NH+]1CCN(c2ccc(C(F)(F)F)cc2[N+](=O)[O-])CC1. The Morgan fingerprint density at radius 1 is 1.33 bits per heavy atom. The fraction of sp³-hybridized carbons (Fsp3) is 0.588. The van der Waals surface area contributed by atoms with Crippen LogP contribution in [0.1, 0.15) is 19.4 Å². The first-order valence-electron chi connectivity index (χ1n) is 8.78. The maximum atomic E-state index is 12.8. The molecule has 1 aliphatic rings. The molecule has 0 bridgehead atoms. The van der Waals surface area contributed by atoms with Crippen LogP contribution in [0.25, 0.3) is 0 Å². The number of piperazine rings is 1. The molecule has 1 amide bonds. The number of hydrogen-bond acceptors (Lipinski definition) is 4. The monoisotopic (exact) mass is 389 g/mol. The van der Waals surface area contributed by atoms with Gasteiger partial charge in [-0.25, -0.2) is 0 Å². The van der Waals surface area contributed by atoms with Gasteiger partial charge in [-0.2, -0.15) is 13.2 Å². The topological polar surface area (TPSA) is 79.9 Å². The van der Waals surface area contributed by atoms with Gasteiger partial charge in [0.2, 0.25) is 0 Å². The van der Waals surface area contributed by atoms with Crippen molar-refractivity contribution in [2.45, 2.75) is 20.0 Å². The Balaban J connectivity index is 2.01. The highest BCUT2D eigenvalue weighted by Gasteiger charge is 2.34. The van der Waals surface area contributed by atoms with Gasteiger partial charge in [0.25, 0.3) is 11.6 Å². The number of nitro groups is 1. The van der Waals surface area contributed by atoms with Crippen LogP contribution in [0, 0.1) is 16.0 Å². The molecule has 0 aliphatic carbocycles. The number of anilines is 1. The molecule has 1 aromatic rings. The molecule has 1 heterocycles. The van der Waals surface area contributed by atoms with Gasteiger partial charge in [0, 0.05) is 12.6 Å². The molecule has 1 aromatic carbocycles. The van der Waals surface area contributed by atoms with E-state index in [1.165, 1.54) is 0 Å². The summed E-state index contributed by atoms with van der Waals surface area (Å²) < 4.78 is 38.4. The molecule has 1 aliphatic heterocycles. The first-order chi connectivity index (χ1) is 12.6. The summed E-state index contributed by atoms with van der Waals surface area (Å²) in [6.07, 6.45) is -4.63. The number of halogens is 3. The molecule has 0 spiro atoms. The van der Waals surface area contributed by atoms with E-state index in [4.69, 9.17) is 0 Å². The number of benzene rings is 1. The minimum absolute atomic E-state index is 0.0485. The number of nitrogens with zero attached hydrogens (tertiary/aromatic N) is 2. The average molecular weight is 389 g/mol. The number of hydrogen-bond donors (Lipinski definition) is 2. The lowest BCUT2D eigenvalue weighted by atomic mass is 10.1. The number of rotatable bonds is 6. The van der Waals surface area contributed by atoms with Crippen molar-refractivity contribution in [3.63, 3.8) is 0 Å². The maximum absolute atomic E-state index is 12.8. The predicted molar refractivity (Wildman–Crippen MR) is 93.7 cm³/mol. The smallest absolute Gasteiger partial charge is 0.355 e. The molecule has 10 heteroatoms. The van der Waals surface area contributed by atoms with Crippen LogP contribution < -0.4 is 15.1 Å². The Bertz CT molecular complexity index is 686. The molecule has 0 radical (unpaired) electrons. The van der Waals surface area contributed by atoms with E-state index in [0.29, 0.717) is 51.3 Å². The summed E-state index contributed by atoms with van der Waals surface area (Å²) in [5.74, 6) is 0.314. The first kappa shape index (κ1) is 20.9. The van der Waals surface area contributed by atoms with Gasteiger partial charge in [-0.15, -0.1) is 0 Å². The van der Waals surface area contributed by atoms with Crippen LogP contribution in [0.5, 0.6) is 0 Å². The number of quaternary nitrogens is 1. The third-order valence-corrected chi connectivity index (χ3v) is 4.43. The average Bonchev–Trinajstić information content (AvgIpc) is 2.59. The molecule has 7 nitrogen and oxygen atoms in total. The summed E-state index contributed by atoms with van der Waals surface area (Å²) in [6, 6.07) is 2.59. The van der Waals surface area contributed by atoms with Gasteiger partial charge < -0.3 is 15.1 Å². The van der Waals surface area contributed by atoms with Gasteiger partial charge in [0.1, 0.15) is 5.69 Å². The van der Waals surface area contributed by atoms with Gasteiger partial charge in [0.15, 0.2) is 6.54 Å². The number of nitrogens with one attached hydrogen (secondary N) is 2. The van der Waals surface area contributed by atoms with Gasteiger partial charge in [-0.3, -0.25) is 14.9 Å². The van der Waals surface area contributed by atoms with Crippen LogP contribution in [-0.4, -0.2) is 50.1 Å². The van der Waals surface area contributed by atoms with E-state index in [1.54, 1.807) is 4.90 Å². The fourth-order valence-electron chi connectivity index (χ4n) is 2.96. The zero-order valence-electron chi connectivity index (χ0n) is 15.3. The summed E-state index contributed by atoms with van der Waals surface area (Å²) in [7, 11) is 0. The summed E-state index contributed by atoms with van der Waals surface area (Å²) in [4.78, 5) is 25.1. The van der Waals surface area contributed by atoms with Gasteiger partial charge in [0.05, 0.1) is 36.7 Å². The van der Waals surface area contributed by atoms with Gasteiger partial charge in [-0.1, -0.05) is 13.8 Å². The van der Waals surface area contributed by atoms with E-state index in [1.807, 2.05) is 13.8 Å². The lowest BCUT2D eigenvalue weighted by Gasteiger charge is -2.33. The number of amides is 1. The normalized spacial score (nSPS) is 15.9. The highest BCUT2D eigenvalue weighted by atomic mass is 19.4. The molecule has 1 fully saturated rings. The van der Waals surface area contributed by atoms with Gasteiger partial charge >= 0.3 is 6.18 Å². The third-order valence-electron chi connectivity index (χ3n) is 4.43. The van der Waals surface area contributed by atoms with Crippen molar-refractivity contribution in [1.29, 1.82) is 0 Å². The van der Waals surface area contributed by atoms with Crippen molar-refractivity contribution in [2.24, 2.45) is 5.92 Å². The van der Waals surface area contributed by atoms with E-state index in [-0.39, 0.29) is 11.6 Å². The molecule has 2 rings (SSSR count). The zero-order valence-corrected chi connectivity index (χ0v) is 15.3. The largest absolute Gasteiger partial charge is 0.416 e. The third kappa shape index (κ3) is 5.81. The van der Waals surface area contributed by atoms with Crippen molar-refractivity contribution in [2.75, 3.05) is 44.2 Å². The molecule has 27 heavy (non-hydrogen) atoms. The van der Waals surface area contributed by atoms with Crippen molar-refractivity contribution >= 4 is 17.3 Å². The number of carbonyl (C=O) groups is 1. The Kier molecular flexibility index (Phi) is 6.63. The summed E-state index contributed by atoms with van der Waals surface area (Å²) >= 11 is 0. The minimum Gasteiger partial charge on any atom is -0.355 e. The molecule has 150 valence electrons. The summed E-state index contributed by atoms with van der Waals surface area (Å²) in [6.45, 7) is 6.94. The van der Waals surface area contributed by atoms with Crippen LogP contribution >= 0.6 is 0 Å². The Morgan fingerprint density at radius 2 is 1.96 bits per heavy atom. The van der Waals surface area contributed by atoms with Crippen LogP contribution in [0.3, 0.4) is 0 Å². The first-order valence-corrected chi connectivity index (χ1v) is 8.78. The number of alkyl halides is 3. The van der Waals surface area contributed by atoms with E-state index in [0.717, 1.165) is 17.0 Å². The molecular weight excluding hydrogens is 365 g/mol. The second-order valence-corrected chi connectivity index (χ2v) is 7.07. The van der Waals surface area contributed by atoms with Crippen LogP contribution in [0.4, 0.5) is 24.5 Å². The Hall–Kier alpha value is -2.36. The molecular formula is C17H24F3N4O3+. The van der Waals surface area contributed by atoms with Crippen molar-refractivity contribution < 1.29 is 27.8 Å². The van der Waals surface area contributed by atoms with E-state index in [2.05, 4.69) is 5.32 Å². The van der Waals surface area contributed by atoms with E-state index >= 15 is 0 Å². The Morgan fingerprint density at radius 3 is 2.48 bits per heavy atom. The van der Waals surface area contributed by atoms with E-state index < -0.39 is 22.4 Å². The summed E-state index contributed by atoms with van der Waals surface area (Å²) in [5.41, 5.74) is -1.41. The number of carbonyl (C=O) groups excluding carboxylic acids is 1. The van der Waals surface area contributed by atoms with Crippen LogP contribution in [-0.2, 0) is 11.0 Å². The second-order valence-electron chi connectivity index (χ2n) is 7.07. The highest BCUT2D eigenvalue weighted by molar-refractivity contribution is 5.76. The van der Waals surface area contributed by atoms with Crippen LogP contribution in [0.2, 0.25) is 0 Å². The van der Waals surface area contributed by atoms with Gasteiger partial charge in [-0.05, 0) is 18.1 Å². The lowest BCUT2D eigenvalue weighted by Crippen LogP contribution is -3.16. The number of nitro benzene ring substituents is 1. The quantitative estimate of drug-likeness (QED) is 0.564. The molecule has 0 saturated carbocycles. The highest BCUT2D eigenvalue weighted by Crippen LogP contribution is 2.36. The molecule has 1 saturated heterocycles. The zero-order chi connectivity index (χ0) is 20.2. The fourth-order valence-corrected chi connectivity index (χ4v) is 2.96. The summed E-state index contributed by atoms with van der Waals surface area (Å²) in [5, 5.41) is 14.1. The van der Waals surface area contributed by atoms with Crippen molar-refractivity contribution in [3.8, 4) is 0 Å². The van der Waals surface area contributed by atoms with Crippen molar-refractivity contribution in [3.05, 3.63) is 33.9 Å². The van der Waals surface area contributed by atoms with Crippen molar-refractivity contribution in [1.82, 2.24) is 5.32 Å². The standard InChI is InChI=1S/C17H23F3N4O3/c1-12(2)10-21-16(25)11-22-5-7-23(8-6-22)14-4-3-13(17(18,19)20)9-15(14)24(26)27/h3-4,9,12H,5-8,10-11H2,1-2H3,(H,21,25)/p+1. The van der Waals surface area contributed by atoms with E-state index in [9.17, 15) is 28.1 Å². The Labute approximate surface area is 155 Å². The molecule has 2 N–H and O–H groups in total. The molecule has 0 atom stereocenters. The second kappa shape index (κ2) is 8.55. The lowest BCUT2D eigenvalue weighted by molar-refractivity contribution is -0.892. The minimum atomic E-state index is -4.63. The molecule has 0 unspecified atom stereocenters. The predicted octanol–water partition coefficient (Wildman–Crippen LogP) is 1.09.